The van der Waals surface area contributed by atoms with Crippen LogP contribution in [0.1, 0.15) is 6.42 Å². The smallest absolute Gasteiger partial charge is 0.225 e. The number of amides is 1. The molecule has 0 aromatic heterocycles. The van der Waals surface area contributed by atoms with E-state index in [0.29, 0.717) is 6.54 Å². The summed E-state index contributed by atoms with van der Waals surface area (Å²) in [6, 6.07) is 3.24. The van der Waals surface area contributed by atoms with Crippen molar-refractivity contribution in [1.29, 1.82) is 0 Å². The van der Waals surface area contributed by atoms with Gasteiger partial charge in [0.1, 0.15) is 0 Å². The average molecular weight is 251 g/mol. The number of carbonyl (C=O) groups excluding carboxylic acids is 1. The van der Waals surface area contributed by atoms with Crippen LogP contribution in [0.4, 0.5) is 14.5 Å². The Hall–Kier alpha value is -1.20. The summed E-state index contributed by atoms with van der Waals surface area (Å²) in [6.07, 6.45) is 0.287. The molecule has 0 radical (unpaired) electrons. The van der Waals surface area contributed by atoms with Gasteiger partial charge in [0.15, 0.2) is 11.6 Å². The monoisotopic (exact) mass is 250 g/mol. The van der Waals surface area contributed by atoms with Crippen molar-refractivity contribution in [3.05, 3.63) is 29.8 Å². The number of anilines is 1. The zero-order valence-corrected chi connectivity index (χ0v) is 9.54. The molecule has 0 aliphatic heterocycles. The van der Waals surface area contributed by atoms with Crippen molar-refractivity contribution in [2.75, 3.05) is 18.9 Å². The van der Waals surface area contributed by atoms with Crippen LogP contribution in [0.3, 0.4) is 0 Å². The Morgan fingerprint density at radius 2 is 2.00 bits per heavy atom. The highest BCUT2D eigenvalue weighted by Crippen LogP contribution is 2.12. The number of hydrogen-bond donors (Lipinski definition) is 2. The average Bonchev–Trinajstić information content (AvgIpc) is 2.20. The fourth-order valence-electron chi connectivity index (χ4n) is 1.04. The first kappa shape index (κ1) is 14.8. The molecule has 0 bridgehead atoms. The molecule has 1 aromatic carbocycles. The normalized spacial score (nSPS) is 9.44. The molecule has 0 heterocycles. The molecule has 0 aliphatic carbocycles. The Balaban J connectivity index is 0.00000225. The largest absolute Gasteiger partial charge is 0.326 e. The highest BCUT2D eigenvalue weighted by Gasteiger charge is 2.05. The van der Waals surface area contributed by atoms with Crippen LogP contribution in [0.25, 0.3) is 0 Å². The molecule has 2 N–H and O–H groups in total. The van der Waals surface area contributed by atoms with Crippen molar-refractivity contribution >= 4 is 24.0 Å². The molecule has 1 aromatic rings. The molecule has 0 saturated heterocycles. The first-order valence-electron chi connectivity index (χ1n) is 4.53. The summed E-state index contributed by atoms with van der Waals surface area (Å²) in [5.41, 5.74) is 0.259. The molecule has 0 unspecified atom stereocenters. The van der Waals surface area contributed by atoms with E-state index in [2.05, 4.69) is 10.6 Å². The number of nitrogens with one attached hydrogen (secondary N) is 2. The first-order valence-corrected chi connectivity index (χ1v) is 4.53. The second-order valence-corrected chi connectivity index (χ2v) is 3.03. The lowest BCUT2D eigenvalue weighted by molar-refractivity contribution is -0.116. The van der Waals surface area contributed by atoms with Gasteiger partial charge in [-0.1, -0.05) is 0 Å². The Kier molecular flexibility index (Phi) is 6.60. The van der Waals surface area contributed by atoms with Gasteiger partial charge in [-0.3, -0.25) is 4.79 Å². The van der Waals surface area contributed by atoms with E-state index in [1.54, 1.807) is 7.05 Å². The Morgan fingerprint density at radius 3 is 2.56 bits per heavy atom. The van der Waals surface area contributed by atoms with Crippen LogP contribution in [-0.4, -0.2) is 19.5 Å². The van der Waals surface area contributed by atoms with E-state index < -0.39 is 11.6 Å². The van der Waals surface area contributed by atoms with Crippen molar-refractivity contribution in [2.24, 2.45) is 0 Å². The molecule has 6 heteroatoms. The first-order chi connectivity index (χ1) is 7.13. The summed E-state index contributed by atoms with van der Waals surface area (Å²) >= 11 is 0. The van der Waals surface area contributed by atoms with Gasteiger partial charge in [-0.2, -0.15) is 0 Å². The highest BCUT2D eigenvalue weighted by molar-refractivity contribution is 5.90. The predicted molar refractivity (Wildman–Crippen MR) is 60.8 cm³/mol. The van der Waals surface area contributed by atoms with E-state index >= 15 is 0 Å². The van der Waals surface area contributed by atoms with Crippen LogP contribution in [0.2, 0.25) is 0 Å². The summed E-state index contributed by atoms with van der Waals surface area (Å²) in [4.78, 5) is 11.2. The standard InChI is InChI=1S/C10H12F2N2O.ClH/c1-13-5-4-10(15)14-7-2-3-8(11)9(12)6-7;/h2-3,6,13H,4-5H2,1H3,(H,14,15);1H. The molecule has 0 fully saturated rings. The topological polar surface area (TPSA) is 41.1 Å². The van der Waals surface area contributed by atoms with Crippen LogP contribution < -0.4 is 10.6 Å². The van der Waals surface area contributed by atoms with Crippen molar-refractivity contribution in [3.8, 4) is 0 Å². The molecule has 1 amide bonds. The summed E-state index contributed by atoms with van der Waals surface area (Å²) < 4.78 is 25.3. The van der Waals surface area contributed by atoms with Crippen LogP contribution in [0.15, 0.2) is 18.2 Å². The van der Waals surface area contributed by atoms with Gasteiger partial charge >= 0.3 is 0 Å². The maximum atomic E-state index is 12.7. The second kappa shape index (κ2) is 7.14. The number of rotatable bonds is 4. The molecule has 0 atom stereocenters. The minimum Gasteiger partial charge on any atom is -0.326 e. The SMILES string of the molecule is CNCCC(=O)Nc1ccc(F)c(F)c1.Cl. The molecule has 0 spiro atoms. The van der Waals surface area contributed by atoms with Gasteiger partial charge in [-0.05, 0) is 19.2 Å². The Morgan fingerprint density at radius 1 is 1.31 bits per heavy atom. The molecule has 16 heavy (non-hydrogen) atoms. The molecule has 0 saturated carbocycles. The van der Waals surface area contributed by atoms with E-state index in [1.807, 2.05) is 0 Å². The summed E-state index contributed by atoms with van der Waals surface area (Å²) in [5.74, 6) is -2.14. The fourth-order valence-corrected chi connectivity index (χ4v) is 1.04. The van der Waals surface area contributed by atoms with Crippen LogP contribution >= 0.6 is 12.4 Å². The summed E-state index contributed by atoms with van der Waals surface area (Å²) in [7, 11) is 1.73. The third-order valence-corrected chi connectivity index (χ3v) is 1.81. The number of hydrogen-bond acceptors (Lipinski definition) is 2. The zero-order chi connectivity index (χ0) is 11.3. The van der Waals surface area contributed by atoms with Gasteiger partial charge in [0.25, 0.3) is 0 Å². The lowest BCUT2D eigenvalue weighted by atomic mass is 10.3. The lowest BCUT2D eigenvalue weighted by Crippen LogP contribution is -2.18. The number of carbonyl (C=O) groups is 1. The van der Waals surface area contributed by atoms with Gasteiger partial charge in [0.05, 0.1) is 0 Å². The molecule has 3 nitrogen and oxygen atoms in total. The molecule has 1 rings (SSSR count). The Labute approximate surface area is 98.6 Å². The van der Waals surface area contributed by atoms with Gasteiger partial charge < -0.3 is 10.6 Å². The third kappa shape index (κ3) is 4.55. The van der Waals surface area contributed by atoms with E-state index in [4.69, 9.17) is 0 Å². The van der Waals surface area contributed by atoms with Crippen molar-refractivity contribution in [3.63, 3.8) is 0 Å². The van der Waals surface area contributed by atoms with Crippen LogP contribution in [0, 0.1) is 11.6 Å². The van der Waals surface area contributed by atoms with Gasteiger partial charge in [-0.15, -0.1) is 12.4 Å². The molecule has 90 valence electrons. The van der Waals surface area contributed by atoms with Gasteiger partial charge in [-0.25, -0.2) is 8.78 Å². The van der Waals surface area contributed by atoms with E-state index in [0.717, 1.165) is 12.1 Å². The van der Waals surface area contributed by atoms with Crippen LogP contribution in [0.5, 0.6) is 0 Å². The van der Waals surface area contributed by atoms with Gasteiger partial charge in [0.2, 0.25) is 5.91 Å². The van der Waals surface area contributed by atoms with E-state index in [-0.39, 0.29) is 30.4 Å². The summed E-state index contributed by atoms with van der Waals surface area (Å²) in [5, 5.41) is 5.27. The number of halogens is 3. The molecular weight excluding hydrogens is 238 g/mol. The van der Waals surface area contributed by atoms with Crippen molar-refractivity contribution in [1.82, 2.24) is 5.32 Å². The highest BCUT2D eigenvalue weighted by atomic mass is 35.5. The maximum Gasteiger partial charge on any atom is 0.225 e. The third-order valence-electron chi connectivity index (χ3n) is 1.81. The fraction of sp³-hybridized carbons (Fsp3) is 0.300. The Bertz CT molecular complexity index is 361. The quantitative estimate of drug-likeness (QED) is 0.858. The lowest BCUT2D eigenvalue weighted by Gasteiger charge is -2.04. The van der Waals surface area contributed by atoms with Gasteiger partial charge in [0, 0.05) is 24.7 Å². The predicted octanol–water partition coefficient (Wildman–Crippen LogP) is 1.93. The van der Waals surface area contributed by atoms with Crippen LogP contribution in [-0.2, 0) is 4.79 Å². The summed E-state index contributed by atoms with van der Waals surface area (Å²) in [6.45, 7) is 0.537. The minimum absolute atomic E-state index is 0. The molecule has 0 aliphatic rings. The number of benzene rings is 1. The van der Waals surface area contributed by atoms with Crippen molar-refractivity contribution in [2.45, 2.75) is 6.42 Å². The minimum atomic E-state index is -0.971. The van der Waals surface area contributed by atoms with E-state index in [1.165, 1.54) is 6.07 Å². The van der Waals surface area contributed by atoms with Crippen molar-refractivity contribution < 1.29 is 13.6 Å². The van der Waals surface area contributed by atoms with E-state index in [9.17, 15) is 13.6 Å². The zero-order valence-electron chi connectivity index (χ0n) is 8.72. The maximum absolute atomic E-state index is 12.7. The molecular formula is C10H13ClF2N2O. The second-order valence-electron chi connectivity index (χ2n) is 3.03.